The second kappa shape index (κ2) is 10.9. The van der Waals surface area contributed by atoms with Gasteiger partial charge in [-0.25, -0.2) is 15.0 Å². The molecule has 5 rings (SSSR count). The second-order valence-electron chi connectivity index (χ2n) is 8.58. The third-order valence-electron chi connectivity index (χ3n) is 6.19. The number of anilines is 1. The SMILES string of the molecule is CCOc1cccc(C(=O)N[C@@H]2[C@H](O)[C@@H](CO)O[C@H]2n2cnc3c(NCc4ccccc4)ncnc32)c1. The van der Waals surface area contributed by atoms with Crippen molar-refractivity contribution in [3.63, 3.8) is 0 Å². The smallest absolute Gasteiger partial charge is 0.251 e. The number of carbonyl (C=O) groups is 1. The molecule has 0 bridgehead atoms. The van der Waals surface area contributed by atoms with Crippen molar-refractivity contribution in [2.24, 2.45) is 0 Å². The zero-order valence-electron chi connectivity index (χ0n) is 20.2. The predicted octanol–water partition coefficient (Wildman–Crippen LogP) is 1.89. The normalized spacial score (nSPS) is 21.2. The molecule has 1 aliphatic heterocycles. The van der Waals surface area contributed by atoms with Gasteiger partial charge >= 0.3 is 0 Å². The summed E-state index contributed by atoms with van der Waals surface area (Å²) < 4.78 is 13.1. The van der Waals surface area contributed by atoms with Gasteiger partial charge in [0, 0.05) is 12.1 Å². The van der Waals surface area contributed by atoms with Crippen molar-refractivity contribution in [1.82, 2.24) is 24.8 Å². The lowest BCUT2D eigenvalue weighted by molar-refractivity contribution is -0.0440. The van der Waals surface area contributed by atoms with Crippen LogP contribution in [0, 0.1) is 0 Å². The molecule has 4 atom stereocenters. The second-order valence-corrected chi connectivity index (χ2v) is 8.58. The van der Waals surface area contributed by atoms with Crippen LogP contribution in [0.5, 0.6) is 5.75 Å². The first-order valence-corrected chi connectivity index (χ1v) is 12.0. The van der Waals surface area contributed by atoms with Crippen LogP contribution in [-0.4, -0.2) is 67.1 Å². The fourth-order valence-corrected chi connectivity index (χ4v) is 4.37. The van der Waals surface area contributed by atoms with Crippen LogP contribution in [0.3, 0.4) is 0 Å². The molecule has 4 aromatic rings. The number of nitrogens with one attached hydrogen (secondary N) is 2. The Morgan fingerprint density at radius 3 is 2.76 bits per heavy atom. The Hall–Kier alpha value is -4.06. The molecule has 2 aromatic heterocycles. The number of amides is 1. The number of aromatic nitrogens is 4. The molecule has 1 amide bonds. The standard InChI is InChI=1S/C26H28N6O5/c1-2-36-18-10-6-9-17(11-18)25(35)31-20-22(34)19(13-33)37-26(20)32-15-30-21-23(28-14-29-24(21)32)27-12-16-7-4-3-5-8-16/h3-11,14-15,19-20,22,26,33-34H,2,12-13H2,1H3,(H,31,35)(H,27,28,29)/t19-,20-,22-,26-/m1/s1. The number of rotatable bonds is 9. The van der Waals surface area contributed by atoms with Crippen LogP contribution < -0.4 is 15.4 Å². The van der Waals surface area contributed by atoms with Crippen molar-refractivity contribution in [2.75, 3.05) is 18.5 Å². The molecule has 11 heteroatoms. The van der Waals surface area contributed by atoms with Crippen LogP contribution >= 0.6 is 0 Å². The lowest BCUT2D eigenvalue weighted by atomic mass is 10.1. The quantitative estimate of drug-likeness (QED) is 0.269. The first kappa shape index (κ1) is 24.6. The van der Waals surface area contributed by atoms with E-state index in [1.54, 1.807) is 28.8 Å². The lowest BCUT2D eigenvalue weighted by Gasteiger charge is -2.23. The molecule has 192 valence electrons. The molecule has 11 nitrogen and oxygen atoms in total. The van der Waals surface area contributed by atoms with Crippen molar-refractivity contribution in [3.8, 4) is 5.75 Å². The summed E-state index contributed by atoms with van der Waals surface area (Å²) in [5.41, 5.74) is 2.42. The zero-order chi connectivity index (χ0) is 25.8. The Morgan fingerprint density at radius 1 is 1.14 bits per heavy atom. The zero-order valence-corrected chi connectivity index (χ0v) is 20.2. The average molecular weight is 505 g/mol. The first-order valence-electron chi connectivity index (χ1n) is 12.0. The van der Waals surface area contributed by atoms with Crippen LogP contribution in [0.2, 0.25) is 0 Å². The van der Waals surface area contributed by atoms with Gasteiger partial charge < -0.3 is 30.3 Å². The summed E-state index contributed by atoms with van der Waals surface area (Å²) in [7, 11) is 0. The number of fused-ring (bicyclic) bond motifs is 1. The molecule has 0 aliphatic carbocycles. The van der Waals surface area contributed by atoms with E-state index in [0.717, 1.165) is 5.56 Å². The van der Waals surface area contributed by atoms with Gasteiger partial charge in [0.05, 0.1) is 19.5 Å². The molecule has 2 aromatic carbocycles. The van der Waals surface area contributed by atoms with Gasteiger partial charge in [0.25, 0.3) is 5.91 Å². The van der Waals surface area contributed by atoms with Gasteiger partial charge in [-0.3, -0.25) is 9.36 Å². The van der Waals surface area contributed by atoms with E-state index in [-0.39, 0.29) is 0 Å². The summed E-state index contributed by atoms with van der Waals surface area (Å²) >= 11 is 0. The summed E-state index contributed by atoms with van der Waals surface area (Å²) in [6.45, 7) is 2.46. The molecule has 0 spiro atoms. The molecule has 0 saturated carbocycles. The van der Waals surface area contributed by atoms with Gasteiger partial charge in [0.15, 0.2) is 23.2 Å². The number of benzene rings is 2. The molecule has 1 aliphatic rings. The number of aliphatic hydroxyl groups is 2. The summed E-state index contributed by atoms with van der Waals surface area (Å²) in [4.78, 5) is 26.3. The fourth-order valence-electron chi connectivity index (χ4n) is 4.37. The Labute approximate surface area is 213 Å². The summed E-state index contributed by atoms with van der Waals surface area (Å²) in [6, 6.07) is 15.8. The number of ether oxygens (including phenoxy) is 2. The number of imidazole rings is 1. The third kappa shape index (κ3) is 5.10. The van der Waals surface area contributed by atoms with E-state index in [9.17, 15) is 15.0 Å². The van der Waals surface area contributed by atoms with Crippen LogP contribution in [0.25, 0.3) is 11.2 Å². The van der Waals surface area contributed by atoms with Crippen molar-refractivity contribution in [2.45, 2.75) is 37.9 Å². The monoisotopic (exact) mass is 504 g/mol. The summed E-state index contributed by atoms with van der Waals surface area (Å²) in [5.74, 6) is 0.691. The molecule has 3 heterocycles. The molecule has 0 unspecified atom stereocenters. The Balaban J connectivity index is 1.41. The molecular weight excluding hydrogens is 476 g/mol. The Kier molecular flexibility index (Phi) is 7.26. The Morgan fingerprint density at radius 2 is 1.97 bits per heavy atom. The van der Waals surface area contributed by atoms with Gasteiger partial charge in [0.2, 0.25) is 0 Å². The van der Waals surface area contributed by atoms with Gasteiger partial charge in [-0.15, -0.1) is 0 Å². The minimum atomic E-state index is -1.16. The maximum atomic E-state index is 13.1. The van der Waals surface area contributed by atoms with E-state index in [1.165, 1.54) is 12.7 Å². The highest BCUT2D eigenvalue weighted by Gasteiger charge is 2.46. The highest BCUT2D eigenvalue weighted by atomic mass is 16.5. The highest BCUT2D eigenvalue weighted by Crippen LogP contribution is 2.32. The van der Waals surface area contributed by atoms with E-state index in [0.29, 0.717) is 41.4 Å². The van der Waals surface area contributed by atoms with E-state index in [1.807, 2.05) is 37.3 Å². The molecule has 0 radical (unpaired) electrons. The van der Waals surface area contributed by atoms with Gasteiger partial charge in [-0.2, -0.15) is 0 Å². The molecule has 4 N–H and O–H groups in total. The van der Waals surface area contributed by atoms with Crippen LogP contribution in [0.1, 0.15) is 29.1 Å². The van der Waals surface area contributed by atoms with Gasteiger partial charge in [0.1, 0.15) is 30.3 Å². The topological polar surface area (TPSA) is 144 Å². The average Bonchev–Trinajstić information content (AvgIpc) is 3.49. The van der Waals surface area contributed by atoms with Crippen molar-refractivity contribution in [3.05, 3.63) is 78.4 Å². The summed E-state index contributed by atoms with van der Waals surface area (Å²) in [5, 5.41) is 26.8. The van der Waals surface area contributed by atoms with Gasteiger partial charge in [-0.1, -0.05) is 36.4 Å². The van der Waals surface area contributed by atoms with Crippen LogP contribution in [0.4, 0.5) is 5.82 Å². The predicted molar refractivity (Wildman–Crippen MR) is 135 cm³/mol. The first-order chi connectivity index (χ1) is 18.1. The number of nitrogens with zero attached hydrogens (tertiary/aromatic N) is 4. The molecule has 1 saturated heterocycles. The molecular formula is C26H28N6O5. The molecule has 37 heavy (non-hydrogen) atoms. The number of hydrogen-bond acceptors (Lipinski definition) is 9. The van der Waals surface area contributed by atoms with E-state index in [4.69, 9.17) is 9.47 Å². The van der Waals surface area contributed by atoms with E-state index < -0.39 is 37.0 Å². The third-order valence-corrected chi connectivity index (χ3v) is 6.19. The van der Waals surface area contributed by atoms with E-state index in [2.05, 4.69) is 25.6 Å². The van der Waals surface area contributed by atoms with Crippen molar-refractivity contribution in [1.29, 1.82) is 0 Å². The molecule has 1 fully saturated rings. The summed E-state index contributed by atoms with van der Waals surface area (Å²) in [6.07, 6.45) is 0.00582. The van der Waals surface area contributed by atoms with Crippen molar-refractivity contribution >= 4 is 22.9 Å². The minimum Gasteiger partial charge on any atom is -0.494 e. The number of carbonyl (C=O) groups excluding carboxylic acids is 1. The number of hydrogen-bond donors (Lipinski definition) is 4. The van der Waals surface area contributed by atoms with E-state index >= 15 is 0 Å². The lowest BCUT2D eigenvalue weighted by Crippen LogP contribution is -2.46. The van der Waals surface area contributed by atoms with Crippen LogP contribution in [-0.2, 0) is 11.3 Å². The highest BCUT2D eigenvalue weighted by molar-refractivity contribution is 5.95. The maximum absolute atomic E-state index is 13.1. The maximum Gasteiger partial charge on any atom is 0.251 e. The Bertz CT molecular complexity index is 1360. The van der Waals surface area contributed by atoms with Crippen molar-refractivity contribution < 1.29 is 24.5 Å². The van der Waals surface area contributed by atoms with Crippen LogP contribution in [0.15, 0.2) is 67.3 Å². The fraction of sp³-hybridized carbons (Fsp3) is 0.308. The van der Waals surface area contributed by atoms with Gasteiger partial charge in [-0.05, 0) is 30.7 Å². The largest absolute Gasteiger partial charge is 0.494 e. The minimum absolute atomic E-state index is 0.370. The number of aliphatic hydroxyl groups excluding tert-OH is 2.